The van der Waals surface area contributed by atoms with Crippen LogP contribution in [0, 0.1) is 5.92 Å². The number of carbonyl (C=O) groups excluding carboxylic acids is 2. The maximum Gasteiger partial charge on any atom is 0.225 e. The molecule has 0 aromatic heterocycles. The van der Waals surface area contributed by atoms with Gasteiger partial charge in [0.05, 0.1) is 12.0 Å². The van der Waals surface area contributed by atoms with Gasteiger partial charge in [-0.1, -0.05) is 30.3 Å². The van der Waals surface area contributed by atoms with Crippen LogP contribution in [-0.2, 0) is 9.59 Å². The molecular formula is C16H22N2O2. The summed E-state index contributed by atoms with van der Waals surface area (Å²) in [4.78, 5) is 25.5. The fraction of sp³-hybridized carbons (Fsp3) is 0.500. The first-order valence-corrected chi connectivity index (χ1v) is 7.18. The third-order valence-electron chi connectivity index (χ3n) is 3.90. The zero-order valence-electron chi connectivity index (χ0n) is 12.1. The molecule has 0 saturated carbocycles. The van der Waals surface area contributed by atoms with Crippen LogP contribution in [0.15, 0.2) is 30.3 Å². The van der Waals surface area contributed by atoms with Crippen molar-refractivity contribution in [3.63, 3.8) is 0 Å². The van der Waals surface area contributed by atoms with Crippen molar-refractivity contribution < 1.29 is 9.59 Å². The fourth-order valence-electron chi connectivity index (χ4n) is 2.63. The van der Waals surface area contributed by atoms with Crippen LogP contribution in [0.5, 0.6) is 0 Å². The Morgan fingerprint density at radius 1 is 1.30 bits per heavy atom. The molecule has 0 aliphatic carbocycles. The van der Waals surface area contributed by atoms with Gasteiger partial charge in [0, 0.05) is 20.0 Å². The van der Waals surface area contributed by atoms with E-state index < -0.39 is 0 Å². The van der Waals surface area contributed by atoms with Crippen LogP contribution in [0.4, 0.5) is 0 Å². The highest BCUT2D eigenvalue weighted by molar-refractivity contribution is 5.81. The molecule has 1 aromatic carbocycles. The van der Waals surface area contributed by atoms with E-state index in [4.69, 9.17) is 0 Å². The summed E-state index contributed by atoms with van der Waals surface area (Å²) in [5.41, 5.74) is 1.10. The van der Waals surface area contributed by atoms with Crippen LogP contribution < -0.4 is 5.32 Å². The number of likely N-dealkylation sites (tertiary alicyclic amines) is 1. The van der Waals surface area contributed by atoms with Crippen molar-refractivity contribution in [2.75, 3.05) is 13.1 Å². The standard InChI is InChI=1S/C16H22N2O2/c1-12(14-7-4-3-5-8-14)17-16(20)15-9-6-10-18(11-15)13(2)19/h3-5,7-8,12,15H,6,9-11H2,1-2H3,(H,17,20). The zero-order valence-corrected chi connectivity index (χ0v) is 12.1. The van der Waals surface area contributed by atoms with E-state index in [0.717, 1.165) is 24.9 Å². The van der Waals surface area contributed by atoms with Gasteiger partial charge >= 0.3 is 0 Å². The minimum Gasteiger partial charge on any atom is -0.349 e. The number of nitrogens with zero attached hydrogens (tertiary/aromatic N) is 1. The van der Waals surface area contributed by atoms with Gasteiger partial charge in [-0.2, -0.15) is 0 Å². The zero-order chi connectivity index (χ0) is 14.5. The number of rotatable bonds is 3. The highest BCUT2D eigenvalue weighted by Crippen LogP contribution is 2.19. The lowest BCUT2D eigenvalue weighted by Crippen LogP contribution is -2.45. The molecule has 2 rings (SSSR count). The average molecular weight is 274 g/mol. The second-order valence-electron chi connectivity index (χ2n) is 5.45. The molecule has 1 saturated heterocycles. The maximum absolute atomic E-state index is 12.3. The number of piperidine rings is 1. The van der Waals surface area contributed by atoms with Crippen molar-refractivity contribution in [1.82, 2.24) is 10.2 Å². The summed E-state index contributed by atoms with van der Waals surface area (Å²) in [7, 11) is 0. The van der Waals surface area contributed by atoms with Crippen molar-refractivity contribution in [2.24, 2.45) is 5.92 Å². The number of hydrogen-bond acceptors (Lipinski definition) is 2. The molecule has 2 amide bonds. The second kappa shape index (κ2) is 6.55. The van der Waals surface area contributed by atoms with Crippen molar-refractivity contribution in [2.45, 2.75) is 32.7 Å². The SMILES string of the molecule is CC(=O)N1CCCC(C(=O)NC(C)c2ccccc2)C1. The molecule has 1 aliphatic heterocycles. The predicted octanol–water partition coefficient (Wildman–Crippen LogP) is 2.12. The smallest absolute Gasteiger partial charge is 0.225 e. The van der Waals surface area contributed by atoms with E-state index in [-0.39, 0.29) is 23.8 Å². The minimum atomic E-state index is -0.0844. The Labute approximate surface area is 120 Å². The summed E-state index contributed by atoms with van der Waals surface area (Å²) in [6.07, 6.45) is 1.76. The molecule has 1 aliphatic rings. The molecule has 20 heavy (non-hydrogen) atoms. The van der Waals surface area contributed by atoms with Gasteiger partial charge in [-0.05, 0) is 25.3 Å². The summed E-state index contributed by atoms with van der Waals surface area (Å²) in [5.74, 6) is 0.0183. The lowest BCUT2D eigenvalue weighted by atomic mass is 9.96. The Morgan fingerprint density at radius 3 is 2.65 bits per heavy atom. The van der Waals surface area contributed by atoms with Crippen LogP contribution in [-0.4, -0.2) is 29.8 Å². The first-order chi connectivity index (χ1) is 9.58. The normalized spacial score (nSPS) is 20.3. The van der Waals surface area contributed by atoms with Crippen LogP contribution >= 0.6 is 0 Å². The van der Waals surface area contributed by atoms with E-state index in [9.17, 15) is 9.59 Å². The Balaban J connectivity index is 1.93. The number of carbonyl (C=O) groups is 2. The molecule has 4 heteroatoms. The van der Waals surface area contributed by atoms with Crippen LogP contribution in [0.25, 0.3) is 0 Å². The summed E-state index contributed by atoms with van der Waals surface area (Å²) < 4.78 is 0. The van der Waals surface area contributed by atoms with Crippen molar-refractivity contribution in [3.05, 3.63) is 35.9 Å². The molecule has 1 heterocycles. The van der Waals surface area contributed by atoms with Crippen LogP contribution in [0.3, 0.4) is 0 Å². The quantitative estimate of drug-likeness (QED) is 0.918. The number of amides is 2. The van der Waals surface area contributed by atoms with Gasteiger partial charge in [0.2, 0.25) is 11.8 Å². The molecule has 0 spiro atoms. The summed E-state index contributed by atoms with van der Waals surface area (Å²) in [6, 6.07) is 9.91. The molecule has 1 N–H and O–H groups in total. The Morgan fingerprint density at radius 2 is 2.00 bits per heavy atom. The average Bonchev–Trinajstić information content (AvgIpc) is 2.48. The molecular weight excluding hydrogens is 252 g/mol. The van der Waals surface area contributed by atoms with E-state index in [0.29, 0.717) is 6.54 Å². The number of benzene rings is 1. The largest absolute Gasteiger partial charge is 0.349 e. The summed E-state index contributed by atoms with van der Waals surface area (Å²) in [5, 5.41) is 3.05. The first-order valence-electron chi connectivity index (χ1n) is 7.18. The van der Waals surface area contributed by atoms with Gasteiger partial charge < -0.3 is 10.2 Å². The van der Waals surface area contributed by atoms with Gasteiger partial charge in [0.15, 0.2) is 0 Å². The monoisotopic (exact) mass is 274 g/mol. The van der Waals surface area contributed by atoms with E-state index in [1.807, 2.05) is 37.3 Å². The van der Waals surface area contributed by atoms with Gasteiger partial charge in [-0.15, -0.1) is 0 Å². The third kappa shape index (κ3) is 3.59. The summed E-state index contributed by atoms with van der Waals surface area (Å²) >= 11 is 0. The van der Waals surface area contributed by atoms with Crippen LogP contribution in [0.2, 0.25) is 0 Å². The number of nitrogens with one attached hydrogen (secondary N) is 1. The van der Waals surface area contributed by atoms with Gasteiger partial charge in [-0.3, -0.25) is 9.59 Å². The van der Waals surface area contributed by atoms with E-state index in [1.165, 1.54) is 0 Å². The predicted molar refractivity (Wildman–Crippen MR) is 78.0 cm³/mol. The maximum atomic E-state index is 12.3. The Kier molecular flexibility index (Phi) is 4.77. The van der Waals surface area contributed by atoms with Crippen molar-refractivity contribution in [1.29, 1.82) is 0 Å². The van der Waals surface area contributed by atoms with Crippen molar-refractivity contribution in [3.8, 4) is 0 Å². The molecule has 0 radical (unpaired) electrons. The third-order valence-corrected chi connectivity index (χ3v) is 3.90. The van der Waals surface area contributed by atoms with Crippen molar-refractivity contribution >= 4 is 11.8 Å². The van der Waals surface area contributed by atoms with Gasteiger partial charge in [-0.25, -0.2) is 0 Å². The second-order valence-corrected chi connectivity index (χ2v) is 5.45. The highest BCUT2D eigenvalue weighted by Gasteiger charge is 2.27. The molecule has 1 aromatic rings. The number of hydrogen-bond donors (Lipinski definition) is 1. The summed E-state index contributed by atoms with van der Waals surface area (Å²) in [6.45, 7) is 4.86. The topological polar surface area (TPSA) is 49.4 Å². The first kappa shape index (κ1) is 14.6. The highest BCUT2D eigenvalue weighted by atomic mass is 16.2. The molecule has 2 unspecified atom stereocenters. The molecule has 0 bridgehead atoms. The minimum absolute atomic E-state index is 0.00333. The van der Waals surface area contributed by atoms with Crippen LogP contribution in [0.1, 0.15) is 38.3 Å². The Bertz CT molecular complexity index is 473. The lowest BCUT2D eigenvalue weighted by molar-refractivity contribution is -0.134. The van der Waals surface area contributed by atoms with E-state index in [2.05, 4.69) is 5.32 Å². The van der Waals surface area contributed by atoms with Gasteiger partial charge in [0.25, 0.3) is 0 Å². The molecule has 1 fully saturated rings. The lowest BCUT2D eigenvalue weighted by Gasteiger charge is -2.32. The molecule has 2 atom stereocenters. The Hall–Kier alpha value is -1.84. The van der Waals surface area contributed by atoms with E-state index in [1.54, 1.807) is 11.8 Å². The fourth-order valence-corrected chi connectivity index (χ4v) is 2.63. The van der Waals surface area contributed by atoms with E-state index >= 15 is 0 Å². The molecule has 108 valence electrons. The molecule has 4 nitrogen and oxygen atoms in total. The van der Waals surface area contributed by atoms with Gasteiger partial charge in [0.1, 0.15) is 0 Å².